The Morgan fingerprint density at radius 2 is 1.84 bits per heavy atom. The van der Waals surface area contributed by atoms with Crippen molar-refractivity contribution in [3.8, 4) is 0 Å². The van der Waals surface area contributed by atoms with Gasteiger partial charge in [-0.2, -0.15) is 0 Å². The van der Waals surface area contributed by atoms with Gasteiger partial charge in [0.2, 0.25) is 0 Å². The van der Waals surface area contributed by atoms with Gasteiger partial charge in [-0.1, -0.05) is 30.3 Å². The lowest BCUT2D eigenvalue weighted by Crippen LogP contribution is -2.42. The fourth-order valence-electron chi connectivity index (χ4n) is 2.74. The maximum Gasteiger partial charge on any atom is 0.407 e. The Morgan fingerprint density at radius 3 is 2.36 bits per heavy atom. The Labute approximate surface area is 152 Å². The number of hydrogen-bond donors (Lipinski definition) is 2. The van der Waals surface area contributed by atoms with Crippen LogP contribution in [0.3, 0.4) is 0 Å². The van der Waals surface area contributed by atoms with Gasteiger partial charge in [0.05, 0.1) is 0 Å². The molecule has 1 heterocycles. The number of hydrogen-bond acceptors (Lipinski definition) is 4. The third kappa shape index (κ3) is 8.36. The molecule has 0 aromatic heterocycles. The largest absolute Gasteiger partial charge is 0.444 e. The fraction of sp³-hybridized carbons (Fsp3) is 0.650. The summed E-state index contributed by atoms with van der Waals surface area (Å²) in [6.07, 6.45) is 3.13. The first kappa shape index (κ1) is 19.7. The normalized spacial score (nSPS) is 18.5. The van der Waals surface area contributed by atoms with Gasteiger partial charge in [-0.25, -0.2) is 4.79 Å². The summed E-state index contributed by atoms with van der Waals surface area (Å²) in [5, 5.41) is 6.17. The van der Waals surface area contributed by atoms with Crippen molar-refractivity contribution >= 4 is 6.09 Å². The number of benzene rings is 1. The van der Waals surface area contributed by atoms with Crippen molar-refractivity contribution < 1.29 is 9.53 Å². The van der Waals surface area contributed by atoms with Crippen LogP contribution in [0.5, 0.6) is 0 Å². The minimum atomic E-state index is -0.381. The second-order valence-corrected chi connectivity index (χ2v) is 7.79. The number of amides is 1. The molecule has 2 fully saturated rings. The van der Waals surface area contributed by atoms with Crippen LogP contribution in [0.25, 0.3) is 0 Å². The van der Waals surface area contributed by atoms with Crippen LogP contribution >= 0.6 is 0 Å². The summed E-state index contributed by atoms with van der Waals surface area (Å²) in [7, 11) is 0. The summed E-state index contributed by atoms with van der Waals surface area (Å²) in [6.45, 7) is 11.3. The number of piperazine rings is 1. The minimum Gasteiger partial charge on any atom is -0.444 e. The van der Waals surface area contributed by atoms with Gasteiger partial charge >= 0.3 is 6.09 Å². The summed E-state index contributed by atoms with van der Waals surface area (Å²) < 4.78 is 5.09. The molecule has 1 saturated carbocycles. The van der Waals surface area contributed by atoms with Gasteiger partial charge in [-0.05, 0) is 45.6 Å². The third-order valence-corrected chi connectivity index (χ3v) is 4.28. The highest BCUT2D eigenvalue weighted by molar-refractivity contribution is 5.68. The molecule has 1 saturated heterocycles. The molecular weight excluding hydrogens is 314 g/mol. The van der Waals surface area contributed by atoms with Crippen molar-refractivity contribution in [3.05, 3.63) is 35.9 Å². The molecule has 2 N–H and O–H groups in total. The monoisotopic (exact) mass is 347 g/mol. The quantitative estimate of drug-likeness (QED) is 0.882. The lowest BCUT2D eigenvalue weighted by Gasteiger charge is -2.28. The Balaban J connectivity index is 0.000000181. The molecule has 1 aromatic rings. The van der Waals surface area contributed by atoms with Gasteiger partial charge < -0.3 is 15.4 Å². The average molecular weight is 348 g/mol. The van der Waals surface area contributed by atoms with E-state index in [4.69, 9.17) is 4.74 Å². The summed E-state index contributed by atoms with van der Waals surface area (Å²) in [6, 6.07) is 11.0. The topological polar surface area (TPSA) is 53.6 Å². The molecule has 0 bridgehead atoms. The van der Waals surface area contributed by atoms with Crippen LogP contribution in [0.15, 0.2) is 30.3 Å². The van der Waals surface area contributed by atoms with E-state index in [9.17, 15) is 4.79 Å². The van der Waals surface area contributed by atoms with Gasteiger partial charge in [-0.15, -0.1) is 0 Å². The lowest BCUT2D eigenvalue weighted by molar-refractivity contribution is 0.0480. The first-order valence-corrected chi connectivity index (χ1v) is 9.39. The molecule has 1 amide bonds. The zero-order valence-corrected chi connectivity index (χ0v) is 15.9. The molecule has 0 radical (unpaired) electrons. The first-order chi connectivity index (χ1) is 11.9. The molecule has 5 nitrogen and oxygen atoms in total. The summed E-state index contributed by atoms with van der Waals surface area (Å²) in [5.41, 5.74) is 1.04. The summed E-state index contributed by atoms with van der Waals surface area (Å²) >= 11 is 0. The summed E-state index contributed by atoms with van der Waals surface area (Å²) in [5.74, 6) is 0. The highest BCUT2D eigenvalue weighted by Crippen LogP contribution is 2.18. The SMILES string of the molecule is CC(C)(C)OC(=O)NC1CCC1.c1ccc(CN2CCNCC2)cc1. The van der Waals surface area contributed by atoms with E-state index in [1.807, 2.05) is 20.8 Å². The molecule has 1 aliphatic heterocycles. The van der Waals surface area contributed by atoms with Crippen LogP contribution in [0.4, 0.5) is 4.79 Å². The van der Waals surface area contributed by atoms with Gasteiger partial charge in [-0.3, -0.25) is 4.90 Å². The van der Waals surface area contributed by atoms with Gasteiger partial charge in [0.1, 0.15) is 5.60 Å². The maximum atomic E-state index is 11.1. The Hall–Kier alpha value is -1.59. The van der Waals surface area contributed by atoms with Crippen molar-refractivity contribution in [1.82, 2.24) is 15.5 Å². The maximum absolute atomic E-state index is 11.1. The molecule has 0 unspecified atom stereocenters. The van der Waals surface area contributed by atoms with E-state index in [0.717, 1.165) is 32.5 Å². The van der Waals surface area contributed by atoms with Crippen LogP contribution in [0, 0.1) is 0 Å². The lowest BCUT2D eigenvalue weighted by atomic mass is 9.93. The smallest absolute Gasteiger partial charge is 0.407 e. The molecule has 140 valence electrons. The number of nitrogens with one attached hydrogen (secondary N) is 2. The average Bonchev–Trinajstić information content (AvgIpc) is 2.52. The Morgan fingerprint density at radius 1 is 1.20 bits per heavy atom. The van der Waals surface area contributed by atoms with E-state index < -0.39 is 0 Å². The van der Waals surface area contributed by atoms with Crippen molar-refractivity contribution in [2.75, 3.05) is 26.2 Å². The molecular formula is C20H33N3O2. The Kier molecular flexibility index (Phi) is 7.72. The predicted molar refractivity (Wildman–Crippen MR) is 102 cm³/mol. The molecule has 3 rings (SSSR count). The Bertz CT molecular complexity index is 503. The zero-order valence-electron chi connectivity index (χ0n) is 15.9. The zero-order chi connectivity index (χ0) is 18.1. The van der Waals surface area contributed by atoms with Crippen molar-refractivity contribution in [2.45, 2.75) is 58.2 Å². The number of rotatable bonds is 3. The van der Waals surface area contributed by atoms with E-state index in [2.05, 4.69) is 45.9 Å². The van der Waals surface area contributed by atoms with Crippen LogP contribution in [-0.2, 0) is 11.3 Å². The van der Waals surface area contributed by atoms with Gasteiger partial charge in [0.15, 0.2) is 0 Å². The van der Waals surface area contributed by atoms with E-state index in [-0.39, 0.29) is 11.7 Å². The van der Waals surface area contributed by atoms with E-state index in [0.29, 0.717) is 6.04 Å². The van der Waals surface area contributed by atoms with Crippen LogP contribution in [0.1, 0.15) is 45.6 Å². The van der Waals surface area contributed by atoms with Crippen molar-refractivity contribution in [3.63, 3.8) is 0 Å². The molecule has 1 aromatic carbocycles. The van der Waals surface area contributed by atoms with Gasteiger partial charge in [0.25, 0.3) is 0 Å². The third-order valence-electron chi connectivity index (χ3n) is 4.28. The first-order valence-electron chi connectivity index (χ1n) is 9.39. The van der Waals surface area contributed by atoms with Crippen molar-refractivity contribution in [1.29, 1.82) is 0 Å². The number of alkyl carbamates (subject to hydrolysis) is 1. The minimum absolute atomic E-state index is 0.285. The number of carbonyl (C=O) groups excluding carboxylic acids is 1. The van der Waals surface area contributed by atoms with Gasteiger partial charge in [0, 0.05) is 38.8 Å². The molecule has 0 atom stereocenters. The van der Waals surface area contributed by atoms with Crippen LogP contribution < -0.4 is 10.6 Å². The molecule has 0 spiro atoms. The van der Waals surface area contributed by atoms with E-state index in [1.165, 1.54) is 25.1 Å². The predicted octanol–water partition coefficient (Wildman–Crippen LogP) is 3.16. The number of nitrogens with zero attached hydrogens (tertiary/aromatic N) is 1. The van der Waals surface area contributed by atoms with E-state index >= 15 is 0 Å². The molecule has 5 heteroatoms. The van der Waals surface area contributed by atoms with Crippen molar-refractivity contribution in [2.24, 2.45) is 0 Å². The van der Waals surface area contributed by atoms with E-state index in [1.54, 1.807) is 0 Å². The van der Waals surface area contributed by atoms with Crippen LogP contribution in [0.2, 0.25) is 0 Å². The fourth-order valence-corrected chi connectivity index (χ4v) is 2.74. The second kappa shape index (κ2) is 9.78. The highest BCUT2D eigenvalue weighted by Gasteiger charge is 2.22. The number of ether oxygens (including phenoxy) is 1. The van der Waals surface area contributed by atoms with Crippen LogP contribution in [-0.4, -0.2) is 48.8 Å². The highest BCUT2D eigenvalue weighted by atomic mass is 16.6. The standard InChI is InChI=1S/C11H16N2.C9H17NO2/c1-2-4-11(5-3-1)10-13-8-6-12-7-9-13;1-9(2,3)12-8(11)10-7-5-4-6-7/h1-5,12H,6-10H2;7H,4-6H2,1-3H3,(H,10,11). The number of carbonyl (C=O) groups is 1. The molecule has 2 aliphatic rings. The second-order valence-electron chi connectivity index (χ2n) is 7.79. The summed E-state index contributed by atoms with van der Waals surface area (Å²) in [4.78, 5) is 13.6. The molecule has 25 heavy (non-hydrogen) atoms. The molecule has 1 aliphatic carbocycles.